The lowest BCUT2D eigenvalue weighted by Gasteiger charge is -2.19. The molecular formula is C9H13N3O3. The summed E-state index contributed by atoms with van der Waals surface area (Å²) in [7, 11) is 0. The molecule has 82 valence electrons. The van der Waals surface area contributed by atoms with Crippen LogP contribution >= 0.6 is 0 Å². The van der Waals surface area contributed by atoms with E-state index >= 15 is 0 Å². The molecule has 6 nitrogen and oxygen atoms in total. The van der Waals surface area contributed by atoms with Gasteiger partial charge in [-0.05, 0) is 0 Å². The summed E-state index contributed by atoms with van der Waals surface area (Å²) in [5.41, 5.74) is 0. The minimum absolute atomic E-state index is 0.124. The normalized spacial score (nSPS) is 21.0. The van der Waals surface area contributed by atoms with Crippen LogP contribution in [0.4, 0.5) is 4.79 Å². The molecule has 1 fully saturated rings. The number of amides is 4. The number of rotatable bonds is 3. The first kappa shape index (κ1) is 11.2. The molecule has 1 aliphatic rings. The zero-order chi connectivity index (χ0) is 11.3. The molecule has 0 aromatic heterocycles. The van der Waals surface area contributed by atoms with Gasteiger partial charge in [-0.2, -0.15) is 0 Å². The van der Waals surface area contributed by atoms with Crippen LogP contribution in [0.15, 0.2) is 12.2 Å². The Balaban J connectivity index is 2.34. The summed E-state index contributed by atoms with van der Waals surface area (Å²) >= 11 is 0. The van der Waals surface area contributed by atoms with Crippen molar-refractivity contribution in [2.24, 2.45) is 5.92 Å². The van der Waals surface area contributed by atoms with E-state index in [4.69, 9.17) is 0 Å². The Hall–Kier alpha value is -1.85. The number of nitrogens with one attached hydrogen (secondary N) is 3. The van der Waals surface area contributed by atoms with Crippen molar-refractivity contribution in [1.82, 2.24) is 16.0 Å². The first-order chi connectivity index (χ1) is 7.09. The lowest BCUT2D eigenvalue weighted by molar-refractivity contribution is -0.123. The van der Waals surface area contributed by atoms with Crippen molar-refractivity contribution < 1.29 is 14.4 Å². The molecule has 1 rings (SSSR count). The van der Waals surface area contributed by atoms with Crippen LogP contribution in [0.3, 0.4) is 0 Å². The maximum atomic E-state index is 11.2. The third kappa shape index (κ3) is 3.80. The highest BCUT2D eigenvalue weighted by atomic mass is 16.2. The van der Waals surface area contributed by atoms with E-state index in [1.165, 1.54) is 6.92 Å². The second kappa shape index (κ2) is 5.14. The van der Waals surface area contributed by atoms with Gasteiger partial charge >= 0.3 is 6.03 Å². The van der Waals surface area contributed by atoms with Crippen LogP contribution in [0.1, 0.15) is 6.92 Å². The van der Waals surface area contributed by atoms with Crippen LogP contribution in [-0.2, 0) is 9.59 Å². The zero-order valence-corrected chi connectivity index (χ0v) is 8.37. The van der Waals surface area contributed by atoms with Crippen LogP contribution in [0.5, 0.6) is 0 Å². The van der Waals surface area contributed by atoms with Crippen molar-refractivity contribution in [2.45, 2.75) is 6.92 Å². The van der Waals surface area contributed by atoms with Gasteiger partial charge in [0, 0.05) is 20.0 Å². The molecule has 0 bridgehead atoms. The van der Waals surface area contributed by atoms with E-state index in [9.17, 15) is 14.4 Å². The van der Waals surface area contributed by atoms with Crippen molar-refractivity contribution in [3.8, 4) is 0 Å². The van der Waals surface area contributed by atoms with Crippen molar-refractivity contribution in [3.63, 3.8) is 0 Å². The smallest absolute Gasteiger partial charge is 0.321 e. The maximum Gasteiger partial charge on any atom is 0.321 e. The summed E-state index contributed by atoms with van der Waals surface area (Å²) in [5, 5.41) is 7.22. The molecule has 0 aromatic carbocycles. The predicted octanol–water partition coefficient (Wildman–Crippen LogP) is -0.866. The molecule has 0 saturated carbocycles. The molecule has 3 N–H and O–H groups in total. The Morgan fingerprint density at radius 2 is 2.33 bits per heavy atom. The molecule has 1 atom stereocenters. The van der Waals surface area contributed by atoms with Crippen LogP contribution in [0.2, 0.25) is 0 Å². The monoisotopic (exact) mass is 211 g/mol. The fourth-order valence-electron chi connectivity index (χ4n) is 1.13. The first-order valence-corrected chi connectivity index (χ1v) is 4.59. The molecule has 1 unspecified atom stereocenters. The predicted molar refractivity (Wildman–Crippen MR) is 52.9 cm³/mol. The third-order valence-electron chi connectivity index (χ3n) is 1.89. The number of hydrogen-bond acceptors (Lipinski definition) is 3. The Bertz CT molecular complexity index is 312. The summed E-state index contributed by atoms with van der Waals surface area (Å²) < 4.78 is 0. The van der Waals surface area contributed by atoms with Gasteiger partial charge in [-0.3, -0.25) is 14.9 Å². The molecule has 0 aliphatic carbocycles. The molecule has 0 radical (unpaired) electrons. The largest absolute Gasteiger partial charge is 0.353 e. The van der Waals surface area contributed by atoms with Gasteiger partial charge in [0.05, 0.1) is 5.92 Å². The molecule has 1 aliphatic heterocycles. The summed E-state index contributed by atoms with van der Waals surface area (Å²) in [4.78, 5) is 32.5. The third-order valence-corrected chi connectivity index (χ3v) is 1.89. The molecule has 0 aromatic rings. The van der Waals surface area contributed by atoms with Gasteiger partial charge in [-0.1, -0.05) is 12.2 Å². The molecule has 15 heavy (non-hydrogen) atoms. The van der Waals surface area contributed by atoms with Gasteiger partial charge in [0.2, 0.25) is 11.8 Å². The van der Waals surface area contributed by atoms with Crippen molar-refractivity contribution in [2.75, 3.05) is 13.1 Å². The van der Waals surface area contributed by atoms with Gasteiger partial charge in [0.15, 0.2) is 0 Å². The SMILES string of the molecule is CC(=O)NC/C=C\C1CNC(=O)NC1=O. The van der Waals surface area contributed by atoms with Gasteiger partial charge in [0.25, 0.3) is 0 Å². The highest BCUT2D eigenvalue weighted by Gasteiger charge is 2.23. The number of carbonyl (C=O) groups is 3. The van der Waals surface area contributed by atoms with Crippen LogP contribution < -0.4 is 16.0 Å². The molecule has 4 amide bonds. The van der Waals surface area contributed by atoms with Crippen molar-refractivity contribution in [1.29, 1.82) is 0 Å². The summed E-state index contributed by atoms with van der Waals surface area (Å²) in [6, 6.07) is -0.466. The van der Waals surface area contributed by atoms with E-state index in [0.717, 1.165) is 0 Å². The number of carbonyl (C=O) groups excluding carboxylic acids is 3. The topological polar surface area (TPSA) is 87.3 Å². The molecular weight excluding hydrogens is 198 g/mol. The van der Waals surface area contributed by atoms with Crippen molar-refractivity contribution in [3.05, 3.63) is 12.2 Å². The Morgan fingerprint density at radius 1 is 1.60 bits per heavy atom. The Labute approximate surface area is 87.1 Å². The Kier molecular flexibility index (Phi) is 3.84. The van der Waals surface area contributed by atoms with Gasteiger partial charge in [0.1, 0.15) is 0 Å². The van der Waals surface area contributed by atoms with Gasteiger partial charge in [-0.15, -0.1) is 0 Å². The first-order valence-electron chi connectivity index (χ1n) is 4.59. The molecule has 1 saturated heterocycles. The number of imide groups is 1. The van der Waals surface area contributed by atoms with Crippen LogP contribution in [0, 0.1) is 5.92 Å². The molecule has 6 heteroatoms. The molecule has 1 heterocycles. The average molecular weight is 211 g/mol. The summed E-state index contributed by atoms with van der Waals surface area (Å²) in [6.45, 7) is 2.09. The standard InChI is InChI=1S/C9H13N3O3/c1-6(13)10-4-2-3-7-5-11-9(15)12-8(7)14/h2-3,7H,4-5H2,1H3,(H,10,13)(H2,11,12,14,15)/b3-2-. The average Bonchev–Trinajstić information content (AvgIpc) is 2.14. The highest BCUT2D eigenvalue weighted by Crippen LogP contribution is 2.01. The lowest BCUT2D eigenvalue weighted by atomic mass is 10.1. The van der Waals surface area contributed by atoms with Crippen LogP contribution in [-0.4, -0.2) is 30.9 Å². The quantitative estimate of drug-likeness (QED) is 0.530. The highest BCUT2D eigenvalue weighted by molar-refractivity contribution is 5.98. The molecule has 0 spiro atoms. The van der Waals surface area contributed by atoms with E-state index in [-0.39, 0.29) is 17.7 Å². The number of hydrogen-bond donors (Lipinski definition) is 3. The van der Waals surface area contributed by atoms with E-state index in [1.807, 2.05) is 0 Å². The van der Waals surface area contributed by atoms with E-state index in [0.29, 0.717) is 13.1 Å². The van der Waals surface area contributed by atoms with E-state index in [1.54, 1.807) is 12.2 Å². The second-order valence-corrected chi connectivity index (χ2v) is 3.17. The van der Waals surface area contributed by atoms with E-state index in [2.05, 4.69) is 16.0 Å². The van der Waals surface area contributed by atoms with Crippen LogP contribution in [0.25, 0.3) is 0 Å². The van der Waals surface area contributed by atoms with E-state index < -0.39 is 6.03 Å². The maximum absolute atomic E-state index is 11.2. The van der Waals surface area contributed by atoms with Gasteiger partial charge < -0.3 is 10.6 Å². The Morgan fingerprint density at radius 3 is 2.93 bits per heavy atom. The van der Waals surface area contributed by atoms with Crippen molar-refractivity contribution >= 4 is 17.8 Å². The minimum Gasteiger partial charge on any atom is -0.353 e. The second-order valence-electron chi connectivity index (χ2n) is 3.17. The fraction of sp³-hybridized carbons (Fsp3) is 0.444. The zero-order valence-electron chi connectivity index (χ0n) is 8.37. The fourth-order valence-corrected chi connectivity index (χ4v) is 1.13. The number of urea groups is 1. The minimum atomic E-state index is -0.466. The summed E-state index contributed by atoms with van der Waals surface area (Å²) in [5.74, 6) is -0.810. The lowest BCUT2D eigenvalue weighted by Crippen LogP contribution is -2.51. The summed E-state index contributed by atoms with van der Waals surface area (Å²) in [6.07, 6.45) is 3.34. The van der Waals surface area contributed by atoms with Gasteiger partial charge in [-0.25, -0.2) is 4.79 Å².